The molecule has 5 nitrogen and oxygen atoms in total. The highest BCUT2D eigenvalue weighted by Crippen LogP contribution is 2.23. The molecule has 2 aromatic rings. The second kappa shape index (κ2) is 5.77. The fourth-order valence-electron chi connectivity index (χ4n) is 1.67. The van der Waals surface area contributed by atoms with Crippen LogP contribution in [0.25, 0.3) is 0 Å². The summed E-state index contributed by atoms with van der Waals surface area (Å²) < 4.78 is 1.90. The van der Waals surface area contributed by atoms with Gasteiger partial charge in [-0.05, 0) is 12.8 Å². The third-order valence-electron chi connectivity index (χ3n) is 2.53. The summed E-state index contributed by atoms with van der Waals surface area (Å²) in [7, 11) is 0. The van der Waals surface area contributed by atoms with Crippen molar-refractivity contribution < 1.29 is 0 Å². The summed E-state index contributed by atoms with van der Waals surface area (Å²) in [4.78, 5) is 4.35. The van der Waals surface area contributed by atoms with E-state index in [2.05, 4.69) is 34.5 Å². The summed E-state index contributed by atoms with van der Waals surface area (Å²) in [6, 6.07) is 0.240. The molecule has 1 unspecified atom stereocenters. The lowest BCUT2D eigenvalue weighted by atomic mass is 10.2. The second-order valence-corrected chi connectivity index (χ2v) is 4.74. The summed E-state index contributed by atoms with van der Waals surface area (Å²) in [6.45, 7) is 5.16. The Morgan fingerprint density at radius 3 is 3.00 bits per heavy atom. The SMILES string of the molecule is CCCn1nncc1NC(CC)c1nccs1. The highest BCUT2D eigenvalue weighted by Gasteiger charge is 2.14. The van der Waals surface area contributed by atoms with Gasteiger partial charge in [0.1, 0.15) is 10.8 Å². The van der Waals surface area contributed by atoms with Crippen LogP contribution < -0.4 is 5.32 Å². The topological polar surface area (TPSA) is 55.6 Å². The Balaban J connectivity index is 2.10. The third-order valence-corrected chi connectivity index (χ3v) is 3.42. The maximum absolute atomic E-state index is 4.35. The molecule has 2 rings (SSSR count). The fourth-order valence-corrected chi connectivity index (χ4v) is 2.44. The van der Waals surface area contributed by atoms with Gasteiger partial charge in [-0.2, -0.15) is 0 Å². The van der Waals surface area contributed by atoms with Crippen molar-refractivity contribution >= 4 is 17.2 Å². The van der Waals surface area contributed by atoms with Crippen LogP contribution in [0.1, 0.15) is 37.7 Å². The molecule has 0 spiro atoms. The number of nitrogens with one attached hydrogen (secondary N) is 1. The normalized spacial score (nSPS) is 12.6. The number of anilines is 1. The van der Waals surface area contributed by atoms with E-state index in [9.17, 15) is 0 Å². The molecular formula is C11H17N5S. The van der Waals surface area contributed by atoms with Gasteiger partial charge in [-0.1, -0.05) is 19.1 Å². The number of nitrogens with zero attached hydrogens (tertiary/aromatic N) is 4. The Morgan fingerprint density at radius 1 is 1.47 bits per heavy atom. The van der Waals surface area contributed by atoms with Crippen molar-refractivity contribution in [3.8, 4) is 0 Å². The lowest BCUT2D eigenvalue weighted by Gasteiger charge is -2.15. The van der Waals surface area contributed by atoms with Crippen LogP contribution in [0.2, 0.25) is 0 Å². The first kappa shape index (κ1) is 12.0. The van der Waals surface area contributed by atoms with Gasteiger partial charge in [-0.25, -0.2) is 9.67 Å². The monoisotopic (exact) mass is 251 g/mol. The lowest BCUT2D eigenvalue weighted by Crippen LogP contribution is -2.13. The quantitative estimate of drug-likeness (QED) is 0.857. The average molecular weight is 251 g/mol. The maximum Gasteiger partial charge on any atom is 0.145 e. The van der Waals surface area contributed by atoms with E-state index >= 15 is 0 Å². The van der Waals surface area contributed by atoms with E-state index in [1.807, 2.05) is 16.3 Å². The van der Waals surface area contributed by atoms with Crippen LogP contribution >= 0.6 is 11.3 Å². The summed E-state index contributed by atoms with van der Waals surface area (Å²) >= 11 is 1.67. The van der Waals surface area contributed by atoms with Crippen LogP contribution in [0.5, 0.6) is 0 Å². The van der Waals surface area contributed by atoms with E-state index < -0.39 is 0 Å². The summed E-state index contributed by atoms with van der Waals surface area (Å²) in [5.74, 6) is 0.967. The highest BCUT2D eigenvalue weighted by molar-refractivity contribution is 7.09. The van der Waals surface area contributed by atoms with E-state index in [1.165, 1.54) is 0 Å². The number of hydrogen-bond donors (Lipinski definition) is 1. The van der Waals surface area contributed by atoms with E-state index in [0.717, 1.165) is 30.2 Å². The van der Waals surface area contributed by atoms with Crippen LogP contribution in [-0.2, 0) is 6.54 Å². The molecule has 0 fully saturated rings. The van der Waals surface area contributed by atoms with Gasteiger partial charge in [0.15, 0.2) is 0 Å². The zero-order valence-electron chi connectivity index (χ0n) is 10.1. The summed E-state index contributed by atoms with van der Waals surface area (Å²) in [5, 5.41) is 14.6. The molecule has 17 heavy (non-hydrogen) atoms. The molecule has 1 atom stereocenters. The molecule has 0 aromatic carbocycles. The predicted octanol–water partition coefficient (Wildman–Crippen LogP) is 2.71. The maximum atomic E-state index is 4.35. The Kier molecular flexibility index (Phi) is 4.08. The number of aromatic nitrogens is 4. The van der Waals surface area contributed by atoms with Crippen LogP contribution in [0.15, 0.2) is 17.8 Å². The number of rotatable bonds is 6. The number of aryl methyl sites for hydroxylation is 1. The molecule has 0 bridgehead atoms. The number of hydrogen-bond acceptors (Lipinski definition) is 5. The molecule has 2 aromatic heterocycles. The minimum Gasteiger partial charge on any atom is -0.360 e. The minimum atomic E-state index is 0.240. The molecule has 0 aliphatic heterocycles. The van der Waals surface area contributed by atoms with E-state index in [4.69, 9.17) is 0 Å². The zero-order chi connectivity index (χ0) is 12.1. The van der Waals surface area contributed by atoms with Gasteiger partial charge in [0.25, 0.3) is 0 Å². The van der Waals surface area contributed by atoms with E-state index in [1.54, 1.807) is 17.5 Å². The highest BCUT2D eigenvalue weighted by atomic mass is 32.1. The van der Waals surface area contributed by atoms with Gasteiger partial charge in [0.05, 0.1) is 12.2 Å². The van der Waals surface area contributed by atoms with Gasteiger partial charge in [0, 0.05) is 18.1 Å². The van der Waals surface area contributed by atoms with Gasteiger partial charge in [0.2, 0.25) is 0 Å². The third kappa shape index (κ3) is 2.82. The van der Waals surface area contributed by atoms with Crippen molar-refractivity contribution in [2.45, 2.75) is 39.3 Å². The molecule has 0 saturated heterocycles. The molecular weight excluding hydrogens is 234 g/mol. The largest absolute Gasteiger partial charge is 0.360 e. The molecule has 0 amide bonds. The first-order chi connectivity index (χ1) is 8.35. The van der Waals surface area contributed by atoms with Crippen molar-refractivity contribution in [3.05, 3.63) is 22.8 Å². The van der Waals surface area contributed by atoms with Gasteiger partial charge < -0.3 is 5.32 Å². The minimum absolute atomic E-state index is 0.240. The molecule has 92 valence electrons. The van der Waals surface area contributed by atoms with Gasteiger partial charge in [-0.3, -0.25) is 0 Å². The Bertz CT molecular complexity index is 436. The lowest BCUT2D eigenvalue weighted by molar-refractivity contribution is 0.577. The molecule has 2 heterocycles. The standard InChI is InChI=1S/C11H17N5S/c1-3-6-16-10(8-13-15-16)14-9(4-2)11-12-5-7-17-11/h5,7-9,14H,3-4,6H2,1-2H3. The van der Waals surface area contributed by atoms with Crippen molar-refractivity contribution in [1.29, 1.82) is 0 Å². The van der Waals surface area contributed by atoms with Crippen LogP contribution in [0.3, 0.4) is 0 Å². The van der Waals surface area contributed by atoms with Crippen molar-refractivity contribution in [3.63, 3.8) is 0 Å². The molecule has 1 N–H and O–H groups in total. The van der Waals surface area contributed by atoms with Crippen molar-refractivity contribution in [1.82, 2.24) is 20.0 Å². The van der Waals surface area contributed by atoms with Crippen molar-refractivity contribution in [2.75, 3.05) is 5.32 Å². The first-order valence-corrected chi connectivity index (χ1v) is 6.77. The fraction of sp³-hybridized carbons (Fsp3) is 0.545. The Hall–Kier alpha value is -1.43. The molecule has 6 heteroatoms. The van der Waals surface area contributed by atoms with E-state index in [-0.39, 0.29) is 6.04 Å². The first-order valence-electron chi connectivity index (χ1n) is 5.89. The summed E-state index contributed by atoms with van der Waals surface area (Å²) in [6.07, 6.45) is 5.65. The van der Waals surface area contributed by atoms with Crippen LogP contribution in [-0.4, -0.2) is 20.0 Å². The molecule has 0 aliphatic carbocycles. The Labute approximate surface area is 105 Å². The molecule has 0 saturated carbocycles. The summed E-state index contributed by atoms with van der Waals surface area (Å²) in [5.41, 5.74) is 0. The van der Waals surface area contributed by atoms with Crippen LogP contribution in [0.4, 0.5) is 5.82 Å². The molecule has 0 aliphatic rings. The van der Waals surface area contributed by atoms with E-state index in [0.29, 0.717) is 0 Å². The van der Waals surface area contributed by atoms with Gasteiger partial charge in [-0.15, -0.1) is 16.4 Å². The second-order valence-electron chi connectivity index (χ2n) is 3.82. The van der Waals surface area contributed by atoms with Crippen molar-refractivity contribution in [2.24, 2.45) is 0 Å². The number of thiazole rings is 1. The smallest absolute Gasteiger partial charge is 0.145 e. The average Bonchev–Trinajstić information content (AvgIpc) is 2.97. The zero-order valence-corrected chi connectivity index (χ0v) is 10.9. The van der Waals surface area contributed by atoms with Crippen LogP contribution in [0, 0.1) is 0 Å². The molecule has 0 radical (unpaired) electrons. The Morgan fingerprint density at radius 2 is 2.35 bits per heavy atom. The predicted molar refractivity (Wildman–Crippen MR) is 69.1 cm³/mol. The van der Waals surface area contributed by atoms with Gasteiger partial charge >= 0.3 is 0 Å².